The summed E-state index contributed by atoms with van der Waals surface area (Å²) in [5.41, 5.74) is 0. The molecule has 0 aromatic rings. The van der Waals surface area contributed by atoms with E-state index in [-0.39, 0.29) is 25.2 Å². The summed E-state index contributed by atoms with van der Waals surface area (Å²) in [6.07, 6.45) is 44.9. The van der Waals surface area contributed by atoms with E-state index in [1.54, 1.807) is 0 Å². The third-order valence-corrected chi connectivity index (χ3v) is 8.44. The minimum Gasteiger partial charge on any atom is -0.462 e. The summed E-state index contributed by atoms with van der Waals surface area (Å²) in [5, 5.41) is 9.54. The summed E-state index contributed by atoms with van der Waals surface area (Å²) < 4.78 is 10.6. The van der Waals surface area contributed by atoms with Crippen molar-refractivity contribution in [1.82, 2.24) is 0 Å². The summed E-state index contributed by atoms with van der Waals surface area (Å²) in [5.74, 6) is -0.647. The van der Waals surface area contributed by atoms with E-state index in [0.29, 0.717) is 19.3 Å². The Bertz CT molecular complexity index is 741. The molecule has 1 N–H and O–H groups in total. The Balaban J connectivity index is 3.63. The Morgan fingerprint density at radius 2 is 0.891 bits per heavy atom. The second kappa shape index (κ2) is 37.6. The van der Waals surface area contributed by atoms with Crippen molar-refractivity contribution in [1.29, 1.82) is 0 Å². The quantitative estimate of drug-likeness (QED) is 0.0421. The minimum atomic E-state index is -0.787. The van der Waals surface area contributed by atoms with Crippen molar-refractivity contribution in [2.24, 2.45) is 0 Å². The fourth-order valence-corrected chi connectivity index (χ4v) is 5.45. The van der Waals surface area contributed by atoms with Crippen molar-refractivity contribution in [3.8, 4) is 0 Å². The van der Waals surface area contributed by atoms with Gasteiger partial charge in [0.2, 0.25) is 0 Å². The molecule has 0 aliphatic carbocycles. The fourth-order valence-electron chi connectivity index (χ4n) is 5.45. The summed E-state index contributed by atoms with van der Waals surface area (Å²) in [4.78, 5) is 24.2. The number of carbonyl (C=O) groups excluding carboxylic acids is 2. The SMILES string of the molecule is CCCCCCCCC=CCC=CCC=CCCCC(=O)OCC(CO)OC(=O)CCCCCCCCCCCCCCCCC. The van der Waals surface area contributed by atoms with Crippen LogP contribution in [0.25, 0.3) is 0 Å². The van der Waals surface area contributed by atoms with Gasteiger partial charge in [0.05, 0.1) is 6.61 Å². The molecule has 0 radical (unpaired) electrons. The average molecular weight is 647 g/mol. The maximum atomic E-state index is 12.1. The first-order valence-electron chi connectivity index (χ1n) is 19.5. The number of hydrogen-bond donors (Lipinski definition) is 1. The number of allylic oxidation sites excluding steroid dienone is 6. The lowest BCUT2D eigenvalue weighted by Crippen LogP contribution is -2.28. The van der Waals surface area contributed by atoms with Gasteiger partial charge in [0.25, 0.3) is 0 Å². The highest BCUT2D eigenvalue weighted by Crippen LogP contribution is 2.14. The molecule has 46 heavy (non-hydrogen) atoms. The van der Waals surface area contributed by atoms with Gasteiger partial charge in [-0.05, 0) is 44.9 Å². The zero-order valence-electron chi connectivity index (χ0n) is 30.3. The molecule has 0 aliphatic rings. The average Bonchev–Trinajstić information content (AvgIpc) is 3.06. The summed E-state index contributed by atoms with van der Waals surface area (Å²) in [6.45, 7) is 4.09. The summed E-state index contributed by atoms with van der Waals surface area (Å²) in [6, 6.07) is 0. The second-order valence-corrected chi connectivity index (χ2v) is 13.0. The third kappa shape index (κ3) is 35.0. The first-order chi connectivity index (χ1) is 22.6. The largest absolute Gasteiger partial charge is 0.462 e. The van der Waals surface area contributed by atoms with Crippen LogP contribution in [0.15, 0.2) is 36.5 Å². The van der Waals surface area contributed by atoms with E-state index >= 15 is 0 Å². The lowest BCUT2D eigenvalue weighted by atomic mass is 10.0. The van der Waals surface area contributed by atoms with Crippen molar-refractivity contribution in [2.75, 3.05) is 13.2 Å². The molecule has 0 aliphatic heterocycles. The van der Waals surface area contributed by atoms with Gasteiger partial charge in [0.1, 0.15) is 6.61 Å². The summed E-state index contributed by atoms with van der Waals surface area (Å²) >= 11 is 0. The number of ether oxygens (including phenoxy) is 2. The van der Waals surface area contributed by atoms with Crippen LogP contribution in [0.1, 0.15) is 194 Å². The van der Waals surface area contributed by atoms with E-state index in [9.17, 15) is 14.7 Å². The molecule has 0 saturated heterocycles. The van der Waals surface area contributed by atoms with Crippen molar-refractivity contribution in [3.63, 3.8) is 0 Å². The van der Waals surface area contributed by atoms with Crippen LogP contribution in [-0.4, -0.2) is 36.4 Å². The standard InChI is InChI=1S/C41H74O5/c1-3-5-7-9-11-13-15-17-19-20-22-23-25-27-29-31-33-35-40(43)45-38-39(37-42)46-41(44)36-34-32-30-28-26-24-21-18-16-14-12-10-8-6-4-2/h17,19,22-23,27,29,39,42H,3-16,18,20-21,24-26,28,30-38H2,1-2H3. The van der Waals surface area contributed by atoms with Crippen LogP contribution < -0.4 is 0 Å². The van der Waals surface area contributed by atoms with Crippen molar-refractivity contribution >= 4 is 11.9 Å². The number of rotatable bonds is 35. The van der Waals surface area contributed by atoms with E-state index in [0.717, 1.165) is 38.5 Å². The first kappa shape index (κ1) is 44.1. The zero-order valence-corrected chi connectivity index (χ0v) is 30.3. The molecule has 0 amide bonds. The Kier molecular flexibility index (Phi) is 36.0. The van der Waals surface area contributed by atoms with Crippen molar-refractivity contribution in [2.45, 2.75) is 200 Å². The molecule has 0 aromatic heterocycles. The number of unbranched alkanes of at least 4 members (excludes halogenated alkanes) is 21. The lowest BCUT2D eigenvalue weighted by molar-refractivity contribution is -0.161. The van der Waals surface area contributed by atoms with Gasteiger partial charge in [-0.2, -0.15) is 0 Å². The number of aliphatic hydroxyl groups excluding tert-OH is 1. The van der Waals surface area contributed by atoms with E-state index in [1.807, 2.05) is 0 Å². The van der Waals surface area contributed by atoms with Gasteiger partial charge in [0.15, 0.2) is 6.10 Å². The van der Waals surface area contributed by atoms with Gasteiger partial charge in [-0.15, -0.1) is 0 Å². The minimum absolute atomic E-state index is 0.0893. The molecule has 268 valence electrons. The van der Waals surface area contributed by atoms with Crippen LogP contribution in [0.4, 0.5) is 0 Å². The van der Waals surface area contributed by atoms with E-state index in [2.05, 4.69) is 50.3 Å². The van der Waals surface area contributed by atoms with Crippen molar-refractivity contribution < 1.29 is 24.2 Å². The molecule has 0 spiro atoms. The topological polar surface area (TPSA) is 72.8 Å². The maximum Gasteiger partial charge on any atom is 0.306 e. The van der Waals surface area contributed by atoms with Crippen molar-refractivity contribution in [3.05, 3.63) is 36.5 Å². The van der Waals surface area contributed by atoms with Crippen LogP contribution in [0.5, 0.6) is 0 Å². The summed E-state index contributed by atoms with van der Waals surface area (Å²) in [7, 11) is 0. The Hall–Kier alpha value is -1.88. The van der Waals surface area contributed by atoms with Gasteiger partial charge >= 0.3 is 11.9 Å². The van der Waals surface area contributed by atoms with Gasteiger partial charge < -0.3 is 14.6 Å². The van der Waals surface area contributed by atoms with Crippen LogP contribution in [0.3, 0.4) is 0 Å². The first-order valence-corrected chi connectivity index (χ1v) is 19.5. The number of hydrogen-bond acceptors (Lipinski definition) is 5. The normalized spacial score (nSPS) is 12.5. The Morgan fingerprint density at radius 3 is 1.37 bits per heavy atom. The van der Waals surface area contributed by atoms with E-state index in [1.165, 1.54) is 122 Å². The van der Waals surface area contributed by atoms with Gasteiger partial charge in [-0.25, -0.2) is 0 Å². The lowest BCUT2D eigenvalue weighted by Gasteiger charge is -2.15. The third-order valence-electron chi connectivity index (χ3n) is 8.44. The second-order valence-electron chi connectivity index (χ2n) is 13.0. The highest BCUT2D eigenvalue weighted by atomic mass is 16.6. The van der Waals surface area contributed by atoms with Crippen LogP contribution in [-0.2, 0) is 19.1 Å². The number of aliphatic hydroxyl groups is 1. The molecule has 5 heteroatoms. The zero-order chi connectivity index (χ0) is 33.6. The molecule has 0 heterocycles. The molecule has 1 atom stereocenters. The molecule has 0 rings (SSSR count). The van der Waals surface area contributed by atoms with E-state index in [4.69, 9.17) is 9.47 Å². The molecular formula is C41H74O5. The van der Waals surface area contributed by atoms with Crippen LogP contribution in [0.2, 0.25) is 0 Å². The molecule has 0 aromatic carbocycles. The van der Waals surface area contributed by atoms with Gasteiger partial charge in [0, 0.05) is 12.8 Å². The van der Waals surface area contributed by atoms with E-state index < -0.39 is 6.10 Å². The monoisotopic (exact) mass is 647 g/mol. The van der Waals surface area contributed by atoms with Crippen LogP contribution >= 0.6 is 0 Å². The Labute approximate surface area is 285 Å². The fraction of sp³-hybridized carbons (Fsp3) is 0.805. The maximum absolute atomic E-state index is 12.1. The molecular weight excluding hydrogens is 572 g/mol. The number of esters is 2. The highest BCUT2D eigenvalue weighted by Gasteiger charge is 2.16. The van der Waals surface area contributed by atoms with Crippen LogP contribution in [0, 0.1) is 0 Å². The molecule has 5 nitrogen and oxygen atoms in total. The number of carbonyl (C=O) groups is 2. The predicted molar refractivity (Wildman–Crippen MR) is 196 cm³/mol. The molecule has 0 bridgehead atoms. The smallest absolute Gasteiger partial charge is 0.306 e. The van der Waals surface area contributed by atoms with Gasteiger partial charge in [-0.3, -0.25) is 9.59 Å². The van der Waals surface area contributed by atoms with Gasteiger partial charge in [-0.1, -0.05) is 172 Å². The molecule has 0 fully saturated rings. The predicted octanol–water partition coefficient (Wildman–Crippen LogP) is 12.1. The molecule has 0 saturated carbocycles. The highest BCUT2D eigenvalue weighted by molar-refractivity contribution is 5.70. The molecule has 1 unspecified atom stereocenters. The Morgan fingerprint density at radius 1 is 0.500 bits per heavy atom.